The quantitative estimate of drug-likeness (QED) is 0.550. The number of aromatic nitrogens is 1. The SMILES string of the molecule is N[C@@H](CO)c1cncc(O)c1. The predicted octanol–water partition coefficient (Wildman–Crippen LogP) is -0.221. The van der Waals surface area contributed by atoms with E-state index >= 15 is 0 Å². The van der Waals surface area contributed by atoms with Crippen LogP contribution in [0, 0.1) is 0 Å². The van der Waals surface area contributed by atoms with Crippen molar-refractivity contribution in [2.45, 2.75) is 6.04 Å². The first-order valence-corrected chi connectivity index (χ1v) is 3.24. The Bertz CT molecular complexity index is 240. The van der Waals surface area contributed by atoms with Gasteiger partial charge in [-0.2, -0.15) is 0 Å². The Hall–Kier alpha value is -1.13. The summed E-state index contributed by atoms with van der Waals surface area (Å²) in [6.45, 7) is -0.148. The molecule has 0 amide bonds. The second-order valence-corrected chi connectivity index (χ2v) is 2.27. The molecule has 0 spiro atoms. The first-order valence-electron chi connectivity index (χ1n) is 3.24. The van der Waals surface area contributed by atoms with Crippen LogP contribution in [-0.4, -0.2) is 21.8 Å². The number of nitrogens with two attached hydrogens (primary N) is 1. The van der Waals surface area contributed by atoms with Crippen LogP contribution in [0.15, 0.2) is 18.5 Å². The Morgan fingerprint density at radius 1 is 1.55 bits per heavy atom. The summed E-state index contributed by atoms with van der Waals surface area (Å²) in [5, 5.41) is 17.6. The van der Waals surface area contributed by atoms with E-state index in [0.717, 1.165) is 0 Å². The van der Waals surface area contributed by atoms with E-state index < -0.39 is 6.04 Å². The fourth-order valence-corrected chi connectivity index (χ4v) is 0.753. The highest BCUT2D eigenvalue weighted by atomic mass is 16.3. The molecule has 0 aromatic carbocycles. The maximum Gasteiger partial charge on any atom is 0.134 e. The molecule has 0 unspecified atom stereocenters. The van der Waals surface area contributed by atoms with Crippen LogP contribution in [0.4, 0.5) is 0 Å². The lowest BCUT2D eigenvalue weighted by Gasteiger charge is -2.06. The van der Waals surface area contributed by atoms with Crippen molar-refractivity contribution in [2.75, 3.05) is 6.61 Å². The van der Waals surface area contributed by atoms with Crippen molar-refractivity contribution in [1.82, 2.24) is 4.98 Å². The van der Waals surface area contributed by atoms with Crippen LogP contribution in [0.2, 0.25) is 0 Å². The Morgan fingerprint density at radius 3 is 2.82 bits per heavy atom. The minimum atomic E-state index is -0.463. The maximum absolute atomic E-state index is 8.96. The summed E-state index contributed by atoms with van der Waals surface area (Å²) in [4.78, 5) is 3.71. The molecule has 0 aliphatic carbocycles. The topological polar surface area (TPSA) is 79.4 Å². The molecule has 60 valence electrons. The molecule has 4 N–H and O–H groups in total. The van der Waals surface area contributed by atoms with Gasteiger partial charge >= 0.3 is 0 Å². The maximum atomic E-state index is 8.96. The van der Waals surface area contributed by atoms with Gasteiger partial charge in [-0.3, -0.25) is 4.98 Å². The Kier molecular flexibility index (Phi) is 2.40. The Morgan fingerprint density at radius 2 is 2.27 bits per heavy atom. The molecule has 0 saturated carbocycles. The molecule has 1 aromatic rings. The number of aliphatic hydroxyl groups excluding tert-OH is 1. The van der Waals surface area contributed by atoms with Gasteiger partial charge in [0, 0.05) is 6.20 Å². The number of rotatable bonds is 2. The molecule has 1 atom stereocenters. The smallest absolute Gasteiger partial charge is 0.134 e. The average Bonchev–Trinajstić information content (AvgIpc) is 2.03. The zero-order chi connectivity index (χ0) is 8.27. The van der Waals surface area contributed by atoms with Crippen LogP contribution < -0.4 is 5.73 Å². The van der Waals surface area contributed by atoms with E-state index in [2.05, 4.69) is 4.98 Å². The number of hydrogen-bond donors (Lipinski definition) is 3. The molecule has 1 aromatic heterocycles. The van der Waals surface area contributed by atoms with Gasteiger partial charge in [-0.15, -0.1) is 0 Å². The largest absolute Gasteiger partial charge is 0.506 e. The number of hydrogen-bond acceptors (Lipinski definition) is 4. The average molecular weight is 154 g/mol. The third-order valence-corrected chi connectivity index (χ3v) is 1.37. The molecule has 0 bridgehead atoms. The summed E-state index contributed by atoms with van der Waals surface area (Å²) in [6, 6.07) is 1.02. The van der Waals surface area contributed by atoms with Crippen LogP contribution >= 0.6 is 0 Å². The number of nitrogens with zero attached hydrogens (tertiary/aromatic N) is 1. The van der Waals surface area contributed by atoms with Crippen molar-refractivity contribution in [3.8, 4) is 5.75 Å². The van der Waals surface area contributed by atoms with E-state index in [-0.39, 0.29) is 12.4 Å². The number of pyridine rings is 1. The van der Waals surface area contributed by atoms with Crippen LogP contribution in [-0.2, 0) is 0 Å². The van der Waals surface area contributed by atoms with Crippen LogP contribution in [0.1, 0.15) is 11.6 Å². The van der Waals surface area contributed by atoms with Gasteiger partial charge in [-0.25, -0.2) is 0 Å². The summed E-state index contributed by atoms with van der Waals surface area (Å²) in [7, 11) is 0. The van der Waals surface area contributed by atoms with E-state index in [0.29, 0.717) is 5.56 Å². The van der Waals surface area contributed by atoms with Gasteiger partial charge in [0.2, 0.25) is 0 Å². The van der Waals surface area contributed by atoms with Crippen LogP contribution in [0.3, 0.4) is 0 Å². The molecule has 0 radical (unpaired) electrons. The second-order valence-electron chi connectivity index (χ2n) is 2.27. The highest BCUT2D eigenvalue weighted by Gasteiger charge is 2.04. The fourth-order valence-electron chi connectivity index (χ4n) is 0.753. The van der Waals surface area contributed by atoms with Gasteiger partial charge in [-0.1, -0.05) is 0 Å². The molecule has 4 nitrogen and oxygen atoms in total. The van der Waals surface area contributed by atoms with E-state index in [1.165, 1.54) is 18.5 Å². The fraction of sp³-hybridized carbons (Fsp3) is 0.286. The van der Waals surface area contributed by atoms with Gasteiger partial charge in [0.05, 0.1) is 18.8 Å². The highest BCUT2D eigenvalue weighted by molar-refractivity contribution is 5.24. The summed E-state index contributed by atoms with van der Waals surface area (Å²) in [5.41, 5.74) is 6.09. The lowest BCUT2D eigenvalue weighted by atomic mass is 10.1. The lowest BCUT2D eigenvalue weighted by molar-refractivity contribution is 0.267. The van der Waals surface area contributed by atoms with Crippen molar-refractivity contribution < 1.29 is 10.2 Å². The van der Waals surface area contributed by atoms with Gasteiger partial charge in [0.15, 0.2) is 0 Å². The molecule has 1 rings (SSSR count). The Labute approximate surface area is 64.3 Å². The number of aliphatic hydroxyl groups is 1. The normalized spacial score (nSPS) is 12.9. The van der Waals surface area contributed by atoms with Gasteiger partial charge in [0.1, 0.15) is 5.75 Å². The van der Waals surface area contributed by atoms with Crippen LogP contribution in [0.25, 0.3) is 0 Å². The lowest BCUT2D eigenvalue weighted by Crippen LogP contribution is -2.14. The van der Waals surface area contributed by atoms with Gasteiger partial charge in [0.25, 0.3) is 0 Å². The summed E-state index contributed by atoms with van der Waals surface area (Å²) in [6.07, 6.45) is 2.83. The second kappa shape index (κ2) is 3.32. The third kappa shape index (κ3) is 1.89. The molecule has 11 heavy (non-hydrogen) atoms. The number of aromatic hydroxyl groups is 1. The van der Waals surface area contributed by atoms with Gasteiger partial charge < -0.3 is 15.9 Å². The molecule has 0 fully saturated rings. The molecular formula is C7H10N2O2. The molecule has 4 heteroatoms. The van der Waals surface area contributed by atoms with Crippen molar-refractivity contribution in [3.63, 3.8) is 0 Å². The van der Waals surface area contributed by atoms with Crippen LogP contribution in [0.5, 0.6) is 5.75 Å². The van der Waals surface area contributed by atoms with Crippen molar-refractivity contribution >= 4 is 0 Å². The van der Waals surface area contributed by atoms with Crippen molar-refractivity contribution in [1.29, 1.82) is 0 Å². The predicted molar refractivity (Wildman–Crippen MR) is 39.9 cm³/mol. The minimum absolute atomic E-state index is 0.0615. The van der Waals surface area contributed by atoms with Crippen molar-refractivity contribution in [2.24, 2.45) is 5.73 Å². The first-order chi connectivity index (χ1) is 5.24. The summed E-state index contributed by atoms with van der Waals surface area (Å²) < 4.78 is 0. The van der Waals surface area contributed by atoms with Gasteiger partial charge in [-0.05, 0) is 11.6 Å². The molecule has 0 aliphatic heterocycles. The van der Waals surface area contributed by atoms with E-state index in [9.17, 15) is 0 Å². The first kappa shape index (κ1) is 7.97. The summed E-state index contributed by atoms with van der Waals surface area (Å²) in [5.74, 6) is 0.0615. The minimum Gasteiger partial charge on any atom is -0.506 e. The highest BCUT2D eigenvalue weighted by Crippen LogP contribution is 2.13. The molecule has 1 heterocycles. The third-order valence-electron chi connectivity index (χ3n) is 1.37. The molecule has 0 aliphatic rings. The zero-order valence-corrected chi connectivity index (χ0v) is 5.94. The zero-order valence-electron chi connectivity index (χ0n) is 5.94. The van der Waals surface area contributed by atoms with E-state index in [1.54, 1.807) is 0 Å². The summed E-state index contributed by atoms with van der Waals surface area (Å²) >= 11 is 0. The molecular weight excluding hydrogens is 144 g/mol. The van der Waals surface area contributed by atoms with Crippen molar-refractivity contribution in [3.05, 3.63) is 24.0 Å². The monoisotopic (exact) mass is 154 g/mol. The van der Waals surface area contributed by atoms with E-state index in [1.807, 2.05) is 0 Å². The Balaban J connectivity index is 2.86. The molecule has 0 saturated heterocycles. The van der Waals surface area contributed by atoms with E-state index in [4.69, 9.17) is 15.9 Å². The standard InChI is InChI=1S/C7H10N2O2/c8-7(4-10)5-1-6(11)3-9-2-5/h1-3,7,10-11H,4,8H2/t7-/m0/s1.